The number of aliphatic hydroxyl groups is 1. The van der Waals surface area contributed by atoms with Gasteiger partial charge in [0, 0.05) is 42.0 Å². The smallest absolute Gasteiger partial charge is 0.338 e. The SMILES string of the molecule is C=C[C@H]1C[N+]2(/C(O)=C/c3ccccc3)CC[C@H]1C[C@H]2[C@H](OC(=O)c1ccccc1)c1ccnc2ccc(OC)cc12. The number of nitrogens with zero attached hydrogens (tertiary/aromatic N) is 2. The average Bonchev–Trinajstić information content (AvgIpc) is 3.04. The summed E-state index contributed by atoms with van der Waals surface area (Å²) >= 11 is 0. The first-order chi connectivity index (χ1) is 20.0. The van der Waals surface area contributed by atoms with E-state index in [0.717, 1.165) is 41.4 Å². The van der Waals surface area contributed by atoms with Gasteiger partial charge in [0.1, 0.15) is 11.8 Å². The molecule has 1 aromatic heterocycles. The van der Waals surface area contributed by atoms with Gasteiger partial charge in [0.05, 0.1) is 31.3 Å². The van der Waals surface area contributed by atoms with E-state index in [-0.39, 0.29) is 17.8 Å². The van der Waals surface area contributed by atoms with E-state index in [4.69, 9.17) is 9.47 Å². The van der Waals surface area contributed by atoms with Crippen LogP contribution in [0.4, 0.5) is 0 Å². The Balaban J connectivity index is 1.52. The van der Waals surface area contributed by atoms with E-state index in [1.807, 2.05) is 84.9 Å². The highest BCUT2D eigenvalue weighted by molar-refractivity contribution is 5.90. The number of hydrogen-bond acceptors (Lipinski definition) is 5. The Labute approximate surface area is 240 Å². The molecule has 0 radical (unpaired) electrons. The molecule has 2 bridgehead atoms. The monoisotopic (exact) mass is 547 g/mol. The molecular weight excluding hydrogens is 512 g/mol. The zero-order valence-corrected chi connectivity index (χ0v) is 23.2. The lowest BCUT2D eigenvalue weighted by Gasteiger charge is -2.56. The molecule has 0 saturated carbocycles. The number of carbonyl (C=O) groups excluding carboxylic acids is 1. The minimum atomic E-state index is -0.639. The molecule has 3 aromatic carbocycles. The molecule has 1 unspecified atom stereocenters. The maximum atomic E-state index is 13.7. The van der Waals surface area contributed by atoms with Gasteiger partial charge in [-0.25, -0.2) is 4.79 Å². The lowest BCUT2D eigenvalue weighted by Crippen LogP contribution is -2.67. The second kappa shape index (κ2) is 11.2. The molecule has 3 fully saturated rings. The second-order valence-corrected chi connectivity index (χ2v) is 11.1. The van der Waals surface area contributed by atoms with E-state index in [2.05, 4.69) is 11.6 Å². The summed E-state index contributed by atoms with van der Waals surface area (Å²) in [6.07, 6.45) is 6.76. The standard InChI is InChI=1S/C35H34N2O4/c1-3-25-23-37(33(38)20-24-10-6-4-7-11-24)19-17-27(25)21-32(37)34(41-35(39)26-12-8-5-9-13-26)29-16-18-36-31-15-14-28(40-2)22-30(29)31/h3-16,18,20,22,25,27,32,34H,1,17,19,21,23H2,2H3/p+1/b33-20-/t25-,27-,32-,34+,37?/m0/s1. The van der Waals surface area contributed by atoms with Crippen LogP contribution in [0.3, 0.4) is 0 Å². The van der Waals surface area contributed by atoms with Crippen LogP contribution in [-0.2, 0) is 4.74 Å². The van der Waals surface area contributed by atoms with Crippen LogP contribution in [0.15, 0.2) is 110 Å². The van der Waals surface area contributed by atoms with Gasteiger partial charge in [-0.1, -0.05) is 54.6 Å². The Morgan fingerprint density at radius 3 is 2.56 bits per heavy atom. The third kappa shape index (κ3) is 5.00. The number of piperidine rings is 3. The van der Waals surface area contributed by atoms with E-state index in [0.29, 0.717) is 28.3 Å². The summed E-state index contributed by atoms with van der Waals surface area (Å²) in [5.41, 5.74) is 3.07. The number of pyridine rings is 1. The van der Waals surface area contributed by atoms with Gasteiger partial charge in [-0.15, -0.1) is 6.58 Å². The summed E-state index contributed by atoms with van der Waals surface area (Å²) in [5, 5.41) is 12.8. The Hall–Kier alpha value is -4.42. The highest BCUT2D eigenvalue weighted by atomic mass is 16.5. The van der Waals surface area contributed by atoms with Crippen LogP contribution in [0.2, 0.25) is 0 Å². The zero-order chi connectivity index (χ0) is 28.4. The number of ether oxygens (including phenoxy) is 2. The lowest BCUT2D eigenvalue weighted by atomic mass is 9.71. The van der Waals surface area contributed by atoms with Gasteiger partial charge in [0.15, 0.2) is 6.10 Å². The highest BCUT2D eigenvalue weighted by Gasteiger charge is 2.58. The maximum Gasteiger partial charge on any atom is 0.338 e. The molecule has 1 N–H and O–H groups in total. The predicted molar refractivity (Wildman–Crippen MR) is 160 cm³/mol. The number of benzene rings is 3. The van der Waals surface area contributed by atoms with Crippen molar-refractivity contribution >= 4 is 22.9 Å². The molecule has 3 aliphatic heterocycles. The molecule has 4 aromatic rings. The Morgan fingerprint density at radius 2 is 1.83 bits per heavy atom. The van der Waals surface area contributed by atoms with Crippen molar-refractivity contribution in [3.8, 4) is 5.75 Å². The van der Waals surface area contributed by atoms with E-state index >= 15 is 0 Å². The quantitative estimate of drug-likeness (QED) is 0.110. The van der Waals surface area contributed by atoms with Gasteiger partial charge in [-0.05, 0) is 47.9 Å². The van der Waals surface area contributed by atoms with Crippen molar-refractivity contribution in [3.05, 3.63) is 126 Å². The van der Waals surface area contributed by atoms with Crippen molar-refractivity contribution < 1.29 is 23.9 Å². The molecule has 6 heteroatoms. The van der Waals surface area contributed by atoms with Crippen LogP contribution in [0, 0.1) is 11.8 Å². The molecule has 41 heavy (non-hydrogen) atoms. The summed E-state index contributed by atoms with van der Waals surface area (Å²) in [7, 11) is 1.64. The third-order valence-electron chi connectivity index (χ3n) is 8.96. The summed E-state index contributed by atoms with van der Waals surface area (Å²) in [6, 6.07) is 26.4. The van der Waals surface area contributed by atoms with Crippen LogP contribution in [0.1, 0.15) is 40.4 Å². The van der Waals surface area contributed by atoms with Gasteiger partial charge in [0.25, 0.3) is 5.88 Å². The number of rotatable bonds is 8. The summed E-state index contributed by atoms with van der Waals surface area (Å²) in [4.78, 5) is 18.2. The normalized spacial score (nSPS) is 24.5. The fourth-order valence-electron chi connectivity index (χ4n) is 6.82. The van der Waals surface area contributed by atoms with E-state index in [9.17, 15) is 9.90 Å². The summed E-state index contributed by atoms with van der Waals surface area (Å²) in [6.45, 7) is 5.58. The molecule has 0 spiro atoms. The van der Waals surface area contributed by atoms with Gasteiger partial charge in [-0.3, -0.25) is 9.47 Å². The first kappa shape index (κ1) is 26.8. The number of methoxy groups -OCH3 is 1. The average molecular weight is 548 g/mol. The van der Waals surface area contributed by atoms with E-state index < -0.39 is 12.1 Å². The van der Waals surface area contributed by atoms with Gasteiger partial charge >= 0.3 is 5.97 Å². The minimum Gasteiger partial charge on any atom is -0.497 e. The maximum absolute atomic E-state index is 13.7. The van der Waals surface area contributed by atoms with Crippen molar-refractivity contribution in [1.29, 1.82) is 0 Å². The molecule has 0 aliphatic carbocycles. The molecule has 208 valence electrons. The van der Waals surface area contributed by atoms with Crippen LogP contribution in [0.25, 0.3) is 17.0 Å². The van der Waals surface area contributed by atoms with Gasteiger partial charge in [0.2, 0.25) is 0 Å². The van der Waals surface area contributed by atoms with Crippen LogP contribution < -0.4 is 4.74 Å². The van der Waals surface area contributed by atoms with Gasteiger partial charge < -0.3 is 14.6 Å². The van der Waals surface area contributed by atoms with Crippen LogP contribution >= 0.6 is 0 Å². The first-order valence-corrected chi connectivity index (χ1v) is 14.2. The van der Waals surface area contributed by atoms with Crippen LogP contribution in [-0.4, -0.2) is 46.8 Å². The fraction of sp³-hybridized carbons (Fsp3) is 0.257. The van der Waals surface area contributed by atoms with Gasteiger partial charge in [-0.2, -0.15) is 0 Å². The lowest BCUT2D eigenvalue weighted by molar-refractivity contribution is -0.951. The van der Waals surface area contributed by atoms with Crippen molar-refractivity contribution in [1.82, 2.24) is 4.98 Å². The van der Waals surface area contributed by atoms with Crippen molar-refractivity contribution in [2.45, 2.75) is 25.0 Å². The second-order valence-electron chi connectivity index (χ2n) is 11.1. The van der Waals surface area contributed by atoms with Crippen LogP contribution in [0.5, 0.6) is 5.75 Å². The van der Waals surface area contributed by atoms with Crippen molar-refractivity contribution in [2.24, 2.45) is 11.8 Å². The largest absolute Gasteiger partial charge is 0.497 e. The number of aliphatic hydroxyl groups excluding tert-OH is 1. The van der Waals surface area contributed by atoms with Crippen molar-refractivity contribution in [3.63, 3.8) is 0 Å². The number of esters is 1. The molecule has 4 heterocycles. The Morgan fingerprint density at radius 1 is 1.07 bits per heavy atom. The summed E-state index contributed by atoms with van der Waals surface area (Å²) in [5.74, 6) is 1.24. The number of hydrogen-bond donors (Lipinski definition) is 1. The molecule has 6 nitrogen and oxygen atoms in total. The molecule has 0 amide bonds. The topological polar surface area (TPSA) is 68.7 Å². The first-order valence-electron chi connectivity index (χ1n) is 14.2. The minimum absolute atomic E-state index is 0.214. The van der Waals surface area contributed by atoms with Crippen molar-refractivity contribution in [2.75, 3.05) is 20.2 Å². The fourth-order valence-corrected chi connectivity index (χ4v) is 6.82. The highest BCUT2D eigenvalue weighted by Crippen LogP contribution is 2.50. The Bertz CT molecular complexity index is 1590. The zero-order valence-electron chi connectivity index (χ0n) is 23.2. The predicted octanol–water partition coefficient (Wildman–Crippen LogP) is 7.11. The molecule has 7 rings (SSSR count). The van der Waals surface area contributed by atoms with E-state index in [1.54, 1.807) is 25.4 Å². The molecular formula is C35H35N2O4+. The number of quaternary nitrogens is 1. The molecule has 3 saturated heterocycles. The number of fused-ring (bicyclic) bond motifs is 4. The molecule has 5 atom stereocenters. The number of aromatic nitrogens is 1. The Kier molecular flexibility index (Phi) is 7.33. The molecule has 3 aliphatic rings. The summed E-state index contributed by atoms with van der Waals surface area (Å²) < 4.78 is 12.4. The third-order valence-corrected chi connectivity index (χ3v) is 8.96. The van der Waals surface area contributed by atoms with E-state index in [1.165, 1.54) is 0 Å². The number of carbonyl (C=O) groups is 1.